The van der Waals surface area contributed by atoms with E-state index in [1.807, 2.05) is 0 Å². The number of hydrogen-bond acceptors (Lipinski definition) is 4. The van der Waals surface area contributed by atoms with E-state index < -0.39 is 12.2 Å². The molecule has 0 aliphatic carbocycles. The SMILES string of the molecule is OCC1NCC(O)C1O. The van der Waals surface area contributed by atoms with E-state index in [2.05, 4.69) is 5.32 Å². The van der Waals surface area contributed by atoms with Gasteiger partial charge in [0.1, 0.15) is 0 Å². The lowest BCUT2D eigenvalue weighted by Gasteiger charge is -2.11. The Balaban J connectivity index is 2.41. The van der Waals surface area contributed by atoms with Gasteiger partial charge in [0, 0.05) is 6.54 Å². The Kier molecular flexibility index (Phi) is 2.02. The Morgan fingerprint density at radius 1 is 1.44 bits per heavy atom. The van der Waals surface area contributed by atoms with Gasteiger partial charge in [0.25, 0.3) is 0 Å². The van der Waals surface area contributed by atoms with Crippen molar-refractivity contribution in [2.24, 2.45) is 0 Å². The summed E-state index contributed by atoms with van der Waals surface area (Å²) in [4.78, 5) is 0. The minimum Gasteiger partial charge on any atom is -0.395 e. The third-order valence-corrected chi connectivity index (χ3v) is 1.59. The molecule has 0 aromatic heterocycles. The molecule has 0 spiro atoms. The molecule has 1 aliphatic heterocycles. The van der Waals surface area contributed by atoms with E-state index in [1.165, 1.54) is 0 Å². The Labute approximate surface area is 53.1 Å². The Morgan fingerprint density at radius 2 is 2.11 bits per heavy atom. The molecule has 0 amide bonds. The number of β-amino-alcohol motifs (C(OH)–C–C–N with tert-alkyl or cyclic N) is 1. The molecule has 0 bridgehead atoms. The molecule has 0 aromatic carbocycles. The molecule has 3 atom stereocenters. The lowest BCUT2D eigenvalue weighted by Crippen LogP contribution is -2.35. The fourth-order valence-electron chi connectivity index (χ4n) is 0.954. The summed E-state index contributed by atoms with van der Waals surface area (Å²) in [5.41, 5.74) is 0. The van der Waals surface area contributed by atoms with Crippen molar-refractivity contribution in [1.29, 1.82) is 0 Å². The average molecular weight is 133 g/mol. The second kappa shape index (κ2) is 2.62. The van der Waals surface area contributed by atoms with Gasteiger partial charge in [0.15, 0.2) is 0 Å². The topological polar surface area (TPSA) is 72.7 Å². The number of nitrogens with one attached hydrogen (secondary N) is 1. The van der Waals surface area contributed by atoms with Crippen LogP contribution in [0.5, 0.6) is 0 Å². The minimum atomic E-state index is -0.810. The Hall–Kier alpha value is -0.160. The summed E-state index contributed by atoms with van der Waals surface area (Å²) >= 11 is 0. The van der Waals surface area contributed by atoms with Crippen LogP contribution in [-0.2, 0) is 0 Å². The quantitative estimate of drug-likeness (QED) is 0.324. The summed E-state index contributed by atoms with van der Waals surface area (Å²) in [5, 5.41) is 29.1. The highest BCUT2D eigenvalue weighted by atomic mass is 16.3. The smallest absolute Gasteiger partial charge is 0.0986 e. The van der Waals surface area contributed by atoms with Crippen LogP contribution < -0.4 is 5.32 Å². The van der Waals surface area contributed by atoms with Gasteiger partial charge < -0.3 is 20.6 Å². The van der Waals surface area contributed by atoms with Crippen LogP contribution in [0.25, 0.3) is 0 Å². The van der Waals surface area contributed by atoms with E-state index in [9.17, 15) is 0 Å². The summed E-state index contributed by atoms with van der Waals surface area (Å²) in [6.45, 7) is 0.241. The van der Waals surface area contributed by atoms with Gasteiger partial charge in [-0.25, -0.2) is 0 Å². The van der Waals surface area contributed by atoms with Gasteiger partial charge >= 0.3 is 0 Å². The molecule has 0 radical (unpaired) electrons. The molecule has 1 saturated heterocycles. The van der Waals surface area contributed by atoms with Gasteiger partial charge in [-0.1, -0.05) is 0 Å². The standard InChI is InChI=1S/C5H11NO3/c7-2-3-5(9)4(8)1-6-3/h3-9H,1-2H2. The lowest BCUT2D eigenvalue weighted by molar-refractivity contribution is 0.0295. The molecular weight excluding hydrogens is 122 g/mol. The maximum Gasteiger partial charge on any atom is 0.0986 e. The minimum absolute atomic E-state index is 0.127. The monoisotopic (exact) mass is 133 g/mol. The first-order chi connectivity index (χ1) is 4.25. The molecule has 4 heteroatoms. The third-order valence-electron chi connectivity index (χ3n) is 1.59. The zero-order valence-electron chi connectivity index (χ0n) is 4.99. The molecule has 0 aromatic rings. The highest BCUT2D eigenvalue weighted by molar-refractivity contribution is 4.89. The Morgan fingerprint density at radius 3 is 2.33 bits per heavy atom. The zero-order chi connectivity index (χ0) is 6.85. The van der Waals surface area contributed by atoms with Gasteiger partial charge in [0.05, 0.1) is 24.9 Å². The maximum atomic E-state index is 8.98. The van der Waals surface area contributed by atoms with E-state index in [0.29, 0.717) is 6.54 Å². The van der Waals surface area contributed by atoms with Crippen LogP contribution in [0.1, 0.15) is 0 Å². The lowest BCUT2D eigenvalue weighted by atomic mass is 10.1. The normalized spacial score (nSPS) is 43.7. The van der Waals surface area contributed by atoms with E-state index in [4.69, 9.17) is 15.3 Å². The van der Waals surface area contributed by atoms with Crippen LogP contribution >= 0.6 is 0 Å². The van der Waals surface area contributed by atoms with Crippen LogP contribution in [0, 0.1) is 0 Å². The predicted octanol–water partition coefficient (Wildman–Crippen LogP) is -2.33. The second-order valence-electron chi connectivity index (χ2n) is 2.26. The molecule has 4 nitrogen and oxygen atoms in total. The van der Waals surface area contributed by atoms with Crippen LogP contribution in [0.2, 0.25) is 0 Å². The fourth-order valence-corrected chi connectivity index (χ4v) is 0.954. The van der Waals surface area contributed by atoms with Crippen molar-refractivity contribution in [1.82, 2.24) is 5.32 Å². The molecule has 1 heterocycles. The van der Waals surface area contributed by atoms with E-state index in [-0.39, 0.29) is 12.6 Å². The molecule has 1 fully saturated rings. The number of aliphatic hydroxyl groups is 3. The van der Waals surface area contributed by atoms with Crippen LogP contribution in [0.3, 0.4) is 0 Å². The Bertz CT molecular complexity index is 98.2. The second-order valence-corrected chi connectivity index (χ2v) is 2.26. The van der Waals surface area contributed by atoms with Crippen molar-refractivity contribution in [2.75, 3.05) is 13.2 Å². The fraction of sp³-hybridized carbons (Fsp3) is 1.00. The molecule has 3 unspecified atom stereocenters. The van der Waals surface area contributed by atoms with Crippen LogP contribution in [-0.4, -0.2) is 46.7 Å². The van der Waals surface area contributed by atoms with Crippen molar-refractivity contribution >= 4 is 0 Å². The van der Waals surface area contributed by atoms with Gasteiger partial charge in [-0.3, -0.25) is 0 Å². The summed E-state index contributed by atoms with van der Waals surface area (Å²) in [7, 11) is 0. The number of rotatable bonds is 1. The van der Waals surface area contributed by atoms with E-state index >= 15 is 0 Å². The first-order valence-electron chi connectivity index (χ1n) is 2.96. The summed E-state index contributed by atoms with van der Waals surface area (Å²) in [6, 6.07) is -0.347. The summed E-state index contributed by atoms with van der Waals surface area (Å²) in [5.74, 6) is 0. The maximum absolute atomic E-state index is 8.98. The van der Waals surface area contributed by atoms with Gasteiger partial charge in [-0.05, 0) is 0 Å². The van der Waals surface area contributed by atoms with Gasteiger partial charge in [0.2, 0.25) is 0 Å². The van der Waals surface area contributed by atoms with E-state index in [0.717, 1.165) is 0 Å². The number of hydrogen-bond donors (Lipinski definition) is 4. The first-order valence-corrected chi connectivity index (χ1v) is 2.96. The molecule has 1 rings (SSSR count). The summed E-state index contributed by atoms with van der Waals surface area (Å²) in [6.07, 6.45) is -1.53. The third kappa shape index (κ3) is 1.21. The largest absolute Gasteiger partial charge is 0.395 e. The molecular formula is C5H11NO3. The van der Waals surface area contributed by atoms with Crippen LogP contribution in [0.15, 0.2) is 0 Å². The van der Waals surface area contributed by atoms with E-state index in [1.54, 1.807) is 0 Å². The highest BCUT2D eigenvalue weighted by Crippen LogP contribution is 2.05. The molecule has 1 aliphatic rings. The van der Waals surface area contributed by atoms with Crippen molar-refractivity contribution in [2.45, 2.75) is 18.2 Å². The van der Waals surface area contributed by atoms with Crippen molar-refractivity contribution in [3.8, 4) is 0 Å². The predicted molar refractivity (Wildman–Crippen MR) is 30.9 cm³/mol. The van der Waals surface area contributed by atoms with Crippen LogP contribution in [0.4, 0.5) is 0 Å². The molecule has 9 heavy (non-hydrogen) atoms. The average Bonchev–Trinajstić information content (AvgIpc) is 2.15. The molecule has 4 N–H and O–H groups in total. The van der Waals surface area contributed by atoms with Gasteiger partial charge in [-0.2, -0.15) is 0 Å². The van der Waals surface area contributed by atoms with Gasteiger partial charge in [-0.15, -0.1) is 0 Å². The van der Waals surface area contributed by atoms with Crippen molar-refractivity contribution < 1.29 is 15.3 Å². The van der Waals surface area contributed by atoms with Crippen molar-refractivity contribution in [3.63, 3.8) is 0 Å². The highest BCUT2D eigenvalue weighted by Gasteiger charge is 2.31. The summed E-state index contributed by atoms with van der Waals surface area (Å²) < 4.78 is 0. The molecule has 0 saturated carbocycles. The first kappa shape index (κ1) is 6.95. The molecule has 54 valence electrons. The zero-order valence-corrected chi connectivity index (χ0v) is 4.99. The number of aliphatic hydroxyl groups excluding tert-OH is 3. The van der Waals surface area contributed by atoms with Crippen molar-refractivity contribution in [3.05, 3.63) is 0 Å².